The number of carbonyl (C=O) groups is 1. The first kappa shape index (κ1) is 8.58. The topological polar surface area (TPSA) is 64.1 Å². The highest BCUT2D eigenvalue weighted by atomic mass is 16.5. The Hall–Kier alpha value is -1.52. The van der Waals surface area contributed by atoms with Gasteiger partial charge in [0.2, 0.25) is 0 Å². The van der Waals surface area contributed by atoms with Gasteiger partial charge in [0, 0.05) is 12.3 Å². The van der Waals surface area contributed by atoms with Crippen molar-refractivity contribution in [2.75, 3.05) is 6.61 Å². The number of nitrogens with one attached hydrogen (secondary N) is 1. The Bertz CT molecular complexity index is 312. The predicted octanol–water partition coefficient (Wildman–Crippen LogP) is -0.260. The van der Waals surface area contributed by atoms with Gasteiger partial charge in [0.05, 0.1) is 6.61 Å². The Labute approximate surface area is 68.9 Å². The zero-order chi connectivity index (χ0) is 8.97. The van der Waals surface area contributed by atoms with E-state index in [0.29, 0.717) is 6.61 Å². The molecule has 0 saturated carbocycles. The number of aromatic nitrogens is 2. The third-order valence-corrected chi connectivity index (χ3v) is 1.31. The molecule has 1 aromatic rings. The van der Waals surface area contributed by atoms with Gasteiger partial charge in [-0.3, -0.25) is 9.59 Å². The van der Waals surface area contributed by atoms with Crippen LogP contribution in [0.1, 0.15) is 6.92 Å². The summed E-state index contributed by atoms with van der Waals surface area (Å²) in [5, 5.41) is 2.60. The summed E-state index contributed by atoms with van der Waals surface area (Å²) >= 11 is 0. The van der Waals surface area contributed by atoms with Crippen molar-refractivity contribution in [2.45, 2.75) is 13.5 Å². The van der Waals surface area contributed by atoms with Crippen LogP contribution in [0.15, 0.2) is 17.1 Å². The van der Waals surface area contributed by atoms with Gasteiger partial charge in [-0.25, -0.2) is 4.68 Å². The van der Waals surface area contributed by atoms with Gasteiger partial charge in [0.25, 0.3) is 5.56 Å². The van der Waals surface area contributed by atoms with E-state index < -0.39 is 5.97 Å². The van der Waals surface area contributed by atoms with Crippen LogP contribution in [0.3, 0.4) is 0 Å². The van der Waals surface area contributed by atoms with E-state index in [0.717, 1.165) is 0 Å². The normalized spacial score (nSPS) is 9.75. The van der Waals surface area contributed by atoms with E-state index in [-0.39, 0.29) is 12.1 Å². The number of esters is 1. The van der Waals surface area contributed by atoms with Crippen LogP contribution in [0, 0.1) is 0 Å². The van der Waals surface area contributed by atoms with E-state index in [4.69, 9.17) is 0 Å². The predicted molar refractivity (Wildman–Crippen MR) is 41.7 cm³/mol. The van der Waals surface area contributed by atoms with Gasteiger partial charge in [-0.2, -0.15) is 0 Å². The highest BCUT2D eigenvalue weighted by Gasteiger charge is 2.03. The van der Waals surface area contributed by atoms with Gasteiger partial charge in [-0.1, -0.05) is 0 Å². The molecule has 1 heterocycles. The Morgan fingerprint density at radius 1 is 1.75 bits per heavy atom. The number of ether oxygens (including phenoxy) is 1. The molecule has 0 radical (unpaired) electrons. The number of hydrogen-bond acceptors (Lipinski definition) is 3. The molecule has 66 valence electrons. The van der Waals surface area contributed by atoms with Crippen molar-refractivity contribution >= 4 is 5.97 Å². The maximum absolute atomic E-state index is 10.9. The lowest BCUT2D eigenvalue weighted by Crippen LogP contribution is -2.22. The number of nitrogens with zero attached hydrogens (tertiary/aromatic N) is 1. The highest BCUT2D eigenvalue weighted by Crippen LogP contribution is 1.82. The zero-order valence-corrected chi connectivity index (χ0v) is 6.74. The van der Waals surface area contributed by atoms with Crippen LogP contribution in [0.4, 0.5) is 0 Å². The first-order chi connectivity index (χ1) is 5.74. The summed E-state index contributed by atoms with van der Waals surface area (Å²) in [4.78, 5) is 21.7. The molecule has 0 unspecified atom stereocenters. The van der Waals surface area contributed by atoms with E-state index in [1.165, 1.54) is 16.9 Å². The van der Waals surface area contributed by atoms with Gasteiger partial charge < -0.3 is 9.84 Å². The maximum atomic E-state index is 10.9. The molecule has 0 fully saturated rings. The first-order valence-corrected chi connectivity index (χ1v) is 3.64. The molecule has 0 spiro atoms. The summed E-state index contributed by atoms with van der Waals surface area (Å²) in [6.07, 6.45) is 1.47. The van der Waals surface area contributed by atoms with Crippen molar-refractivity contribution in [3.63, 3.8) is 0 Å². The quantitative estimate of drug-likeness (QED) is 0.635. The minimum Gasteiger partial charge on any atom is -0.465 e. The van der Waals surface area contributed by atoms with E-state index in [2.05, 4.69) is 9.84 Å². The standard InChI is InChI=1S/C7H10N2O3/c1-2-12-7(11)5-9-6(10)3-4-8-9/h3-4,8H,2,5H2,1H3. The summed E-state index contributed by atoms with van der Waals surface area (Å²) < 4.78 is 5.83. The van der Waals surface area contributed by atoms with Crippen LogP contribution in [0.2, 0.25) is 0 Å². The van der Waals surface area contributed by atoms with Crippen molar-refractivity contribution in [1.29, 1.82) is 0 Å². The lowest BCUT2D eigenvalue weighted by Gasteiger charge is -2.00. The van der Waals surface area contributed by atoms with Crippen LogP contribution < -0.4 is 5.56 Å². The van der Waals surface area contributed by atoms with Crippen molar-refractivity contribution < 1.29 is 9.53 Å². The van der Waals surface area contributed by atoms with Crippen molar-refractivity contribution in [3.05, 3.63) is 22.6 Å². The van der Waals surface area contributed by atoms with Crippen molar-refractivity contribution in [2.24, 2.45) is 0 Å². The summed E-state index contributed by atoms with van der Waals surface area (Å²) in [7, 11) is 0. The molecule has 0 aromatic carbocycles. The molecule has 12 heavy (non-hydrogen) atoms. The summed E-state index contributed by atoms with van der Waals surface area (Å²) in [5.74, 6) is -0.415. The second kappa shape index (κ2) is 3.75. The maximum Gasteiger partial charge on any atom is 0.327 e. The fourth-order valence-corrected chi connectivity index (χ4v) is 0.811. The molecule has 0 aliphatic rings. The number of hydrogen-bond donors (Lipinski definition) is 1. The molecule has 1 N–H and O–H groups in total. The minimum atomic E-state index is -0.415. The summed E-state index contributed by atoms with van der Waals surface area (Å²) in [6, 6.07) is 1.35. The minimum absolute atomic E-state index is 0.0559. The van der Waals surface area contributed by atoms with Crippen molar-refractivity contribution in [1.82, 2.24) is 9.78 Å². The second-order valence-corrected chi connectivity index (χ2v) is 2.19. The molecule has 0 aliphatic heterocycles. The van der Waals surface area contributed by atoms with Crippen LogP contribution >= 0.6 is 0 Å². The lowest BCUT2D eigenvalue weighted by molar-refractivity contribution is -0.144. The molecular formula is C7H10N2O3. The van der Waals surface area contributed by atoms with Crippen LogP contribution in [0.5, 0.6) is 0 Å². The largest absolute Gasteiger partial charge is 0.465 e. The van der Waals surface area contributed by atoms with Crippen LogP contribution in [-0.2, 0) is 16.1 Å². The molecule has 0 bridgehead atoms. The smallest absolute Gasteiger partial charge is 0.327 e. The highest BCUT2D eigenvalue weighted by molar-refractivity contribution is 5.68. The van der Waals surface area contributed by atoms with Crippen LogP contribution in [0.25, 0.3) is 0 Å². The number of aromatic amines is 1. The number of rotatable bonds is 3. The van der Waals surface area contributed by atoms with E-state index in [1.807, 2.05) is 0 Å². The molecule has 5 nitrogen and oxygen atoms in total. The molecule has 0 saturated heterocycles. The molecule has 0 aliphatic carbocycles. The SMILES string of the molecule is CCOC(=O)Cn1[nH]ccc1=O. The first-order valence-electron chi connectivity index (χ1n) is 3.64. The fourth-order valence-electron chi connectivity index (χ4n) is 0.811. The molecular weight excluding hydrogens is 160 g/mol. The monoisotopic (exact) mass is 170 g/mol. The Morgan fingerprint density at radius 2 is 2.50 bits per heavy atom. The molecule has 0 atom stereocenters. The van der Waals surface area contributed by atoms with E-state index >= 15 is 0 Å². The molecule has 0 amide bonds. The number of H-pyrrole nitrogens is 1. The Morgan fingerprint density at radius 3 is 3.00 bits per heavy atom. The van der Waals surface area contributed by atoms with Crippen molar-refractivity contribution in [3.8, 4) is 0 Å². The van der Waals surface area contributed by atoms with Gasteiger partial charge in [0.1, 0.15) is 6.54 Å². The molecule has 5 heteroatoms. The second-order valence-electron chi connectivity index (χ2n) is 2.19. The van der Waals surface area contributed by atoms with Gasteiger partial charge in [-0.15, -0.1) is 0 Å². The van der Waals surface area contributed by atoms with E-state index in [9.17, 15) is 9.59 Å². The summed E-state index contributed by atoms with van der Waals surface area (Å²) in [5.41, 5.74) is -0.233. The van der Waals surface area contributed by atoms with Gasteiger partial charge in [-0.05, 0) is 6.92 Å². The lowest BCUT2D eigenvalue weighted by atomic mass is 10.6. The average Bonchev–Trinajstić information content (AvgIpc) is 2.37. The van der Waals surface area contributed by atoms with E-state index in [1.54, 1.807) is 6.92 Å². The number of carbonyl (C=O) groups excluding carboxylic acids is 1. The fraction of sp³-hybridized carbons (Fsp3) is 0.429. The Balaban J connectivity index is 2.58. The molecule has 1 aromatic heterocycles. The average molecular weight is 170 g/mol. The zero-order valence-electron chi connectivity index (χ0n) is 6.74. The third-order valence-electron chi connectivity index (χ3n) is 1.31. The molecule has 1 rings (SSSR count). The van der Waals surface area contributed by atoms with Gasteiger partial charge in [0.15, 0.2) is 0 Å². The van der Waals surface area contributed by atoms with Crippen LogP contribution in [-0.4, -0.2) is 22.4 Å². The summed E-state index contributed by atoms with van der Waals surface area (Å²) in [6.45, 7) is 1.99. The Kier molecular flexibility index (Phi) is 2.68. The van der Waals surface area contributed by atoms with Gasteiger partial charge >= 0.3 is 5.97 Å². The third kappa shape index (κ3) is 1.98.